The Morgan fingerprint density at radius 2 is 0.896 bits per heavy atom. The fourth-order valence-electron chi connectivity index (χ4n) is 7.33. The molecule has 9 aromatic rings. The highest BCUT2D eigenvalue weighted by Crippen LogP contribution is 2.41. The summed E-state index contributed by atoms with van der Waals surface area (Å²) in [6, 6.07) is 59.0. The number of rotatable bonds is 4. The minimum Gasteiger partial charge on any atom is -0.309 e. The zero-order valence-corrected chi connectivity index (χ0v) is 25.8. The summed E-state index contributed by atoms with van der Waals surface area (Å²) in [6.07, 6.45) is 0. The Morgan fingerprint density at radius 1 is 0.375 bits per heavy atom. The van der Waals surface area contributed by atoms with Gasteiger partial charge in [-0.25, -0.2) is 0 Å². The van der Waals surface area contributed by atoms with Crippen molar-refractivity contribution < 1.29 is 0 Å². The predicted octanol–water partition coefficient (Wildman–Crippen LogP) is 11.0. The van der Waals surface area contributed by atoms with Gasteiger partial charge >= 0.3 is 0 Å². The first-order valence-electron chi connectivity index (χ1n) is 15.9. The van der Waals surface area contributed by atoms with Gasteiger partial charge in [0.25, 0.3) is 0 Å². The Balaban J connectivity index is 1.29. The van der Waals surface area contributed by atoms with E-state index < -0.39 is 0 Å². The highest BCUT2D eigenvalue weighted by atomic mass is 15.0. The van der Waals surface area contributed by atoms with Crippen molar-refractivity contribution in [3.05, 3.63) is 169 Å². The molecule has 0 saturated carbocycles. The smallest absolute Gasteiger partial charge is 0.0992 e. The Kier molecular flexibility index (Phi) is 6.22. The second-order valence-corrected chi connectivity index (χ2v) is 12.0. The molecule has 4 heteroatoms. The minimum atomic E-state index is 0.600. The number of para-hydroxylation sites is 4. The molecule has 0 amide bonds. The highest BCUT2D eigenvalue weighted by Gasteiger charge is 2.19. The van der Waals surface area contributed by atoms with Crippen molar-refractivity contribution in [1.29, 1.82) is 10.5 Å². The second-order valence-electron chi connectivity index (χ2n) is 12.0. The van der Waals surface area contributed by atoms with Crippen LogP contribution in [0.3, 0.4) is 0 Å². The van der Waals surface area contributed by atoms with E-state index in [4.69, 9.17) is 0 Å². The molecule has 4 nitrogen and oxygen atoms in total. The van der Waals surface area contributed by atoms with Gasteiger partial charge in [0.05, 0.1) is 51.0 Å². The summed E-state index contributed by atoms with van der Waals surface area (Å²) < 4.78 is 4.56. The zero-order chi connectivity index (χ0) is 32.2. The van der Waals surface area contributed by atoms with Gasteiger partial charge in [-0.3, -0.25) is 0 Å². The number of nitriles is 2. The van der Waals surface area contributed by atoms with E-state index in [0.29, 0.717) is 11.1 Å². The topological polar surface area (TPSA) is 57.4 Å². The van der Waals surface area contributed by atoms with Gasteiger partial charge in [-0.15, -0.1) is 0 Å². The van der Waals surface area contributed by atoms with Crippen LogP contribution in [0.4, 0.5) is 0 Å². The van der Waals surface area contributed by atoms with Gasteiger partial charge in [0.15, 0.2) is 0 Å². The van der Waals surface area contributed by atoms with Crippen molar-refractivity contribution in [1.82, 2.24) is 9.13 Å². The van der Waals surface area contributed by atoms with Crippen LogP contribution < -0.4 is 0 Å². The molecular formula is C44H26N4. The molecule has 0 aliphatic heterocycles. The Hall–Kier alpha value is -6.88. The molecule has 2 aromatic heterocycles. The minimum absolute atomic E-state index is 0.600. The van der Waals surface area contributed by atoms with E-state index in [9.17, 15) is 10.5 Å². The van der Waals surface area contributed by atoms with Crippen molar-refractivity contribution in [3.8, 4) is 45.8 Å². The molecule has 0 N–H and O–H groups in total. The summed E-state index contributed by atoms with van der Waals surface area (Å²) in [5.74, 6) is 0. The molecule has 2 heterocycles. The summed E-state index contributed by atoms with van der Waals surface area (Å²) >= 11 is 0. The number of aromatic nitrogens is 2. The van der Waals surface area contributed by atoms with Crippen molar-refractivity contribution >= 4 is 43.6 Å². The normalized spacial score (nSPS) is 11.3. The molecule has 0 aliphatic carbocycles. The maximum atomic E-state index is 10.3. The fraction of sp³-hybridized carbons (Fsp3) is 0. The monoisotopic (exact) mass is 610 g/mol. The van der Waals surface area contributed by atoms with Gasteiger partial charge in [0.2, 0.25) is 0 Å². The summed E-state index contributed by atoms with van der Waals surface area (Å²) in [6.45, 7) is 0. The first-order valence-corrected chi connectivity index (χ1v) is 15.9. The number of benzene rings is 7. The molecule has 7 aromatic carbocycles. The second kappa shape index (κ2) is 10.9. The van der Waals surface area contributed by atoms with E-state index in [1.54, 1.807) is 0 Å². The number of hydrogen-bond donors (Lipinski definition) is 0. The molecule has 0 spiro atoms. The molecule has 0 aliphatic rings. The summed E-state index contributed by atoms with van der Waals surface area (Å²) in [4.78, 5) is 0. The van der Waals surface area contributed by atoms with Crippen molar-refractivity contribution in [2.75, 3.05) is 0 Å². The molecule has 0 atom stereocenters. The summed E-state index contributed by atoms with van der Waals surface area (Å²) in [5.41, 5.74) is 11.7. The maximum absolute atomic E-state index is 10.3. The van der Waals surface area contributed by atoms with Crippen molar-refractivity contribution in [3.63, 3.8) is 0 Å². The van der Waals surface area contributed by atoms with E-state index in [0.717, 1.165) is 66.5 Å². The lowest BCUT2D eigenvalue weighted by Gasteiger charge is -2.18. The SMILES string of the molecule is N#Cc1cc(-c2ccccc2-c2ccccc2-n2c3ccccc3c3cc(C#N)ccc32)cc(-n2c3ccccc3c3ccccc32)c1. The molecule has 0 unspecified atom stereocenters. The molecular weight excluding hydrogens is 585 g/mol. The van der Waals surface area contributed by atoms with Gasteiger partial charge in [0, 0.05) is 32.8 Å². The molecule has 48 heavy (non-hydrogen) atoms. The molecule has 9 rings (SSSR count). The third kappa shape index (κ3) is 4.14. The third-order valence-corrected chi connectivity index (χ3v) is 9.36. The van der Waals surface area contributed by atoms with Crippen molar-refractivity contribution in [2.45, 2.75) is 0 Å². The number of hydrogen-bond acceptors (Lipinski definition) is 2. The third-order valence-electron chi connectivity index (χ3n) is 9.36. The highest BCUT2D eigenvalue weighted by molar-refractivity contribution is 6.11. The van der Waals surface area contributed by atoms with Crippen LogP contribution in [0.1, 0.15) is 11.1 Å². The Bertz CT molecular complexity index is 2760. The molecule has 0 saturated heterocycles. The van der Waals surface area contributed by atoms with Crippen molar-refractivity contribution in [2.24, 2.45) is 0 Å². The van der Waals surface area contributed by atoms with Crippen LogP contribution in [0.5, 0.6) is 0 Å². The lowest BCUT2D eigenvalue weighted by atomic mass is 9.92. The van der Waals surface area contributed by atoms with Gasteiger partial charge in [-0.1, -0.05) is 97.1 Å². The first-order chi connectivity index (χ1) is 23.7. The number of nitrogens with zero attached hydrogens (tertiary/aromatic N) is 4. The van der Waals surface area contributed by atoms with Gasteiger partial charge in [-0.2, -0.15) is 10.5 Å². The fourth-order valence-corrected chi connectivity index (χ4v) is 7.33. The van der Waals surface area contributed by atoms with Crippen LogP contribution in [0, 0.1) is 22.7 Å². The summed E-state index contributed by atoms with van der Waals surface area (Å²) in [7, 11) is 0. The zero-order valence-electron chi connectivity index (χ0n) is 25.8. The van der Waals surface area contributed by atoms with Gasteiger partial charge in [0.1, 0.15) is 0 Å². The van der Waals surface area contributed by atoms with Gasteiger partial charge < -0.3 is 9.13 Å². The maximum Gasteiger partial charge on any atom is 0.0992 e. The lowest BCUT2D eigenvalue weighted by Crippen LogP contribution is -1.99. The lowest BCUT2D eigenvalue weighted by molar-refractivity contribution is 1.18. The van der Waals surface area contributed by atoms with E-state index in [1.807, 2.05) is 36.4 Å². The molecule has 0 bridgehead atoms. The molecule has 0 fully saturated rings. The molecule has 222 valence electrons. The average molecular weight is 611 g/mol. The van der Waals surface area contributed by atoms with E-state index in [1.165, 1.54) is 10.8 Å². The van der Waals surface area contributed by atoms with Crippen LogP contribution >= 0.6 is 0 Å². The standard InChI is InChI=1S/C44H26N4/c45-27-29-21-22-44-39(25-29)38-16-6-10-20-43(38)48(44)42-19-9-3-13-35(42)34-12-2-1-11-33(34)31-23-30(28-46)24-32(26-31)47-40-17-7-4-14-36(40)37-15-5-8-18-41(37)47/h1-26H. The Labute approximate surface area is 277 Å². The molecule has 0 radical (unpaired) electrons. The van der Waals surface area contributed by atoms with Crippen LogP contribution in [-0.4, -0.2) is 9.13 Å². The predicted molar refractivity (Wildman–Crippen MR) is 195 cm³/mol. The average Bonchev–Trinajstić information content (AvgIpc) is 3.67. The van der Waals surface area contributed by atoms with Crippen LogP contribution in [0.15, 0.2) is 158 Å². The first kappa shape index (κ1) is 27.4. The Morgan fingerprint density at radius 3 is 1.56 bits per heavy atom. The van der Waals surface area contributed by atoms with Crippen LogP contribution in [0.2, 0.25) is 0 Å². The number of fused-ring (bicyclic) bond motifs is 6. The van der Waals surface area contributed by atoms with E-state index in [-0.39, 0.29) is 0 Å². The van der Waals surface area contributed by atoms with E-state index >= 15 is 0 Å². The van der Waals surface area contributed by atoms with Crippen LogP contribution in [-0.2, 0) is 0 Å². The van der Waals surface area contributed by atoms with Crippen LogP contribution in [0.25, 0.3) is 77.2 Å². The van der Waals surface area contributed by atoms with Gasteiger partial charge in [-0.05, 0) is 77.4 Å². The summed E-state index contributed by atoms with van der Waals surface area (Å²) in [5, 5.41) is 24.4. The largest absolute Gasteiger partial charge is 0.309 e. The quantitative estimate of drug-likeness (QED) is 0.199. The van der Waals surface area contributed by atoms with E-state index in [2.05, 4.69) is 143 Å².